The van der Waals surface area contributed by atoms with Gasteiger partial charge in [-0.05, 0) is 49.5 Å². The SMILES string of the molecule is C=CC(=O)N1C[C@@]([Si])(n2nc(C#Cc3ccc4c(c3)ncn4C3CC3)c(C(N)=O)c2NC)C[C@@H]1COC(F)F. The summed E-state index contributed by atoms with van der Waals surface area (Å²) in [5.41, 5.74) is 8.45. The summed E-state index contributed by atoms with van der Waals surface area (Å²) in [6, 6.07) is 5.52. The summed E-state index contributed by atoms with van der Waals surface area (Å²) in [5.74, 6) is 5.05. The van der Waals surface area contributed by atoms with E-state index < -0.39 is 36.2 Å². The van der Waals surface area contributed by atoms with Crippen LogP contribution in [-0.4, -0.2) is 79.1 Å². The number of aromatic nitrogens is 4. The van der Waals surface area contributed by atoms with Gasteiger partial charge in [0.25, 0.3) is 5.91 Å². The molecule has 2 aromatic heterocycles. The lowest BCUT2D eigenvalue weighted by Gasteiger charge is -2.27. The first-order valence-electron chi connectivity index (χ1n) is 12.3. The monoisotopic (exact) mass is 550 g/mol. The summed E-state index contributed by atoms with van der Waals surface area (Å²) in [6.45, 7) is 0.152. The second-order valence-electron chi connectivity index (χ2n) is 9.59. The van der Waals surface area contributed by atoms with Crippen LogP contribution in [0.2, 0.25) is 0 Å². The highest BCUT2D eigenvalue weighted by molar-refractivity contribution is 6.15. The first-order chi connectivity index (χ1) is 18.6. The van der Waals surface area contributed by atoms with Crippen molar-refractivity contribution in [3.05, 3.63) is 54.0 Å². The van der Waals surface area contributed by atoms with Crippen LogP contribution in [0.1, 0.15) is 46.9 Å². The molecular weight excluding hydrogens is 524 g/mol. The number of carbonyl (C=O) groups is 2. The normalized spacial score (nSPS) is 20.7. The van der Waals surface area contributed by atoms with Crippen LogP contribution in [0.5, 0.6) is 0 Å². The zero-order valence-electron chi connectivity index (χ0n) is 21.2. The van der Waals surface area contributed by atoms with Crippen molar-refractivity contribution in [3.8, 4) is 11.8 Å². The molecule has 1 aromatic carbocycles. The third kappa shape index (κ3) is 5.05. The molecular formula is C26H26F2N7O3Si. The molecule has 201 valence electrons. The van der Waals surface area contributed by atoms with Crippen LogP contribution in [-0.2, 0) is 14.7 Å². The van der Waals surface area contributed by atoms with Gasteiger partial charge in [0.2, 0.25) is 5.91 Å². The maximum absolute atomic E-state index is 12.8. The number of nitrogens with one attached hydrogen (secondary N) is 1. The Balaban J connectivity index is 1.51. The van der Waals surface area contributed by atoms with Crippen molar-refractivity contribution >= 4 is 38.9 Å². The lowest BCUT2D eigenvalue weighted by atomic mass is 10.1. The molecule has 1 saturated carbocycles. The van der Waals surface area contributed by atoms with E-state index >= 15 is 0 Å². The molecule has 0 unspecified atom stereocenters. The number of anilines is 1. The molecule has 3 aromatic rings. The number of halogens is 2. The highest BCUT2D eigenvalue weighted by Gasteiger charge is 2.46. The smallest absolute Gasteiger partial charge is 0.345 e. The average Bonchev–Trinajstić information content (AvgIpc) is 3.40. The molecule has 10 nitrogen and oxygen atoms in total. The lowest BCUT2D eigenvalue weighted by Crippen LogP contribution is -2.41. The standard InChI is InChI=1S/C26H26F2N7O3Si/c1-3-21(36)33-13-26(39,11-17(33)12-38-25(27)28)35-24(30-2)22(23(29)37)18(32-35)8-4-15-5-9-20-19(10-15)31-14-34(20)16-6-7-16/h3,5,9-10,14,16-17,25,30H,1,6-7,11-13H2,2H3,(H2,29,37)/t17-,26-/m1/s1. The van der Waals surface area contributed by atoms with E-state index in [-0.39, 0.29) is 30.0 Å². The van der Waals surface area contributed by atoms with Crippen LogP contribution in [0.25, 0.3) is 11.0 Å². The summed E-state index contributed by atoms with van der Waals surface area (Å²) < 4.78 is 33.7. The van der Waals surface area contributed by atoms with Gasteiger partial charge in [0.15, 0.2) is 5.69 Å². The van der Waals surface area contributed by atoms with E-state index in [0.29, 0.717) is 11.6 Å². The number of carbonyl (C=O) groups excluding carboxylic acids is 2. The Morgan fingerprint density at radius 2 is 2.15 bits per heavy atom. The minimum atomic E-state index is -2.99. The molecule has 5 rings (SSSR count). The number of amides is 2. The molecule has 2 atom stereocenters. The fraction of sp³-hybridized carbons (Fsp3) is 0.385. The maximum Gasteiger partial charge on any atom is 0.345 e. The Kier molecular flexibility index (Phi) is 7.00. The molecule has 1 saturated heterocycles. The van der Waals surface area contributed by atoms with Crippen LogP contribution in [0.3, 0.4) is 0 Å². The predicted molar refractivity (Wildman–Crippen MR) is 140 cm³/mol. The highest BCUT2D eigenvalue weighted by atomic mass is 28.1. The molecule has 3 heterocycles. The summed E-state index contributed by atoms with van der Waals surface area (Å²) in [4.78, 5) is 30.9. The topological polar surface area (TPSA) is 120 Å². The van der Waals surface area contributed by atoms with E-state index in [1.54, 1.807) is 7.05 Å². The molecule has 39 heavy (non-hydrogen) atoms. The van der Waals surface area contributed by atoms with E-state index in [9.17, 15) is 18.4 Å². The van der Waals surface area contributed by atoms with Crippen LogP contribution in [0.15, 0.2) is 37.2 Å². The number of alkyl halides is 2. The highest BCUT2D eigenvalue weighted by Crippen LogP contribution is 2.37. The van der Waals surface area contributed by atoms with Crippen LogP contribution < -0.4 is 11.1 Å². The van der Waals surface area contributed by atoms with E-state index in [0.717, 1.165) is 30.0 Å². The third-order valence-corrected chi connectivity index (χ3v) is 7.51. The van der Waals surface area contributed by atoms with Crippen molar-refractivity contribution in [2.45, 2.75) is 43.1 Å². The molecule has 1 aliphatic heterocycles. The maximum atomic E-state index is 12.8. The fourth-order valence-electron chi connectivity index (χ4n) is 5.00. The zero-order chi connectivity index (χ0) is 27.9. The summed E-state index contributed by atoms with van der Waals surface area (Å²) >= 11 is 0. The molecule has 0 spiro atoms. The second kappa shape index (κ2) is 10.3. The van der Waals surface area contributed by atoms with E-state index in [1.807, 2.05) is 24.5 Å². The quantitative estimate of drug-likeness (QED) is 0.251. The molecule has 3 N–H and O–H groups in total. The van der Waals surface area contributed by atoms with Gasteiger partial charge in [0, 0.05) is 25.2 Å². The molecule has 2 amide bonds. The second-order valence-corrected chi connectivity index (χ2v) is 10.5. The third-order valence-electron chi connectivity index (χ3n) is 6.93. The van der Waals surface area contributed by atoms with Gasteiger partial charge in [-0.2, -0.15) is 13.9 Å². The van der Waals surface area contributed by atoms with E-state index in [4.69, 9.17) is 5.73 Å². The Morgan fingerprint density at radius 3 is 2.79 bits per heavy atom. The van der Waals surface area contributed by atoms with Crippen molar-refractivity contribution in [1.29, 1.82) is 0 Å². The van der Waals surface area contributed by atoms with Crippen molar-refractivity contribution < 1.29 is 23.1 Å². The number of nitrogens with zero attached hydrogens (tertiary/aromatic N) is 5. The van der Waals surface area contributed by atoms with Gasteiger partial charge < -0.3 is 25.3 Å². The van der Waals surface area contributed by atoms with Gasteiger partial charge in [-0.3, -0.25) is 9.59 Å². The minimum Gasteiger partial charge on any atom is -0.373 e. The summed E-state index contributed by atoms with van der Waals surface area (Å²) in [7, 11) is 5.31. The van der Waals surface area contributed by atoms with Gasteiger partial charge in [-0.25, -0.2) is 9.67 Å². The number of hydrogen-bond acceptors (Lipinski definition) is 6. The van der Waals surface area contributed by atoms with Crippen LogP contribution in [0.4, 0.5) is 14.6 Å². The van der Waals surface area contributed by atoms with Gasteiger partial charge in [0.05, 0.1) is 45.4 Å². The van der Waals surface area contributed by atoms with Gasteiger partial charge in [-0.15, -0.1) is 0 Å². The average molecular weight is 551 g/mol. The van der Waals surface area contributed by atoms with Crippen molar-refractivity contribution in [3.63, 3.8) is 0 Å². The Labute approximate surface area is 226 Å². The first-order valence-corrected chi connectivity index (χ1v) is 12.8. The number of benzene rings is 1. The predicted octanol–water partition coefficient (Wildman–Crippen LogP) is 1.96. The number of rotatable bonds is 8. The number of likely N-dealkylation sites (tertiary alicyclic amines) is 1. The van der Waals surface area contributed by atoms with E-state index in [2.05, 4.69) is 53.4 Å². The number of ether oxygens (including phenoxy) is 1. The van der Waals surface area contributed by atoms with E-state index in [1.165, 1.54) is 9.58 Å². The number of imidazole rings is 1. The van der Waals surface area contributed by atoms with Crippen LogP contribution in [0, 0.1) is 11.8 Å². The molecule has 2 fully saturated rings. The van der Waals surface area contributed by atoms with Crippen molar-refractivity contribution in [2.75, 3.05) is 25.5 Å². The number of primary amides is 1. The molecule has 1 aliphatic carbocycles. The zero-order valence-corrected chi connectivity index (χ0v) is 22.2. The first kappa shape index (κ1) is 26.6. The van der Waals surface area contributed by atoms with Gasteiger partial charge in [-0.1, -0.05) is 12.5 Å². The number of hydrogen-bond donors (Lipinski definition) is 2. The molecule has 2 aliphatic rings. The number of fused-ring (bicyclic) bond motifs is 1. The number of nitrogens with two attached hydrogens (primary N) is 1. The molecule has 0 bridgehead atoms. The molecule has 3 radical (unpaired) electrons. The minimum absolute atomic E-state index is 0.0355. The fourth-order valence-corrected chi connectivity index (χ4v) is 5.57. The lowest BCUT2D eigenvalue weighted by molar-refractivity contribution is -0.146. The Hall–Kier alpha value is -4.02. The Bertz CT molecular complexity index is 1520. The Morgan fingerprint density at radius 1 is 1.38 bits per heavy atom. The summed E-state index contributed by atoms with van der Waals surface area (Å²) in [5, 5.41) is 6.45. The van der Waals surface area contributed by atoms with Crippen molar-refractivity contribution in [2.24, 2.45) is 5.73 Å². The largest absolute Gasteiger partial charge is 0.373 e. The van der Waals surface area contributed by atoms with Crippen LogP contribution >= 0.6 is 0 Å². The molecule has 13 heteroatoms. The van der Waals surface area contributed by atoms with Crippen molar-refractivity contribution in [1.82, 2.24) is 24.2 Å². The van der Waals surface area contributed by atoms with Gasteiger partial charge >= 0.3 is 6.61 Å². The van der Waals surface area contributed by atoms with Gasteiger partial charge in [0.1, 0.15) is 11.4 Å². The summed E-state index contributed by atoms with van der Waals surface area (Å²) in [6.07, 6.45) is 5.38.